The fourth-order valence-corrected chi connectivity index (χ4v) is 6.81. The lowest BCUT2D eigenvalue weighted by Gasteiger charge is -2.23. The van der Waals surface area contributed by atoms with Crippen molar-refractivity contribution in [1.29, 1.82) is 0 Å². The van der Waals surface area contributed by atoms with Gasteiger partial charge in [0, 0.05) is 29.4 Å². The van der Waals surface area contributed by atoms with Gasteiger partial charge in [-0.25, -0.2) is 16.8 Å². The van der Waals surface area contributed by atoms with Crippen molar-refractivity contribution in [3.8, 4) is 0 Å². The number of carbonyl (C=O) groups excluding carboxylic acids is 1. The number of nitrogens with one attached hydrogen (secondary N) is 1. The van der Waals surface area contributed by atoms with E-state index in [1.807, 2.05) is 0 Å². The highest BCUT2D eigenvalue weighted by atomic mass is 35.5. The van der Waals surface area contributed by atoms with Crippen molar-refractivity contribution in [1.82, 2.24) is 4.31 Å². The Morgan fingerprint density at radius 1 is 0.842 bits per heavy atom. The molecule has 0 aliphatic carbocycles. The zero-order chi connectivity index (χ0) is 27.3. The number of benzene rings is 3. The molecule has 0 bridgehead atoms. The van der Waals surface area contributed by atoms with Gasteiger partial charge >= 0.3 is 0 Å². The number of nitrogens with zero attached hydrogens (tertiary/aromatic N) is 2. The molecular formula is C27H30ClN3O5S2. The van der Waals surface area contributed by atoms with Gasteiger partial charge in [-0.3, -0.25) is 9.10 Å². The van der Waals surface area contributed by atoms with Crippen molar-refractivity contribution in [2.45, 2.75) is 37.1 Å². The molecule has 1 fully saturated rings. The molecule has 1 heterocycles. The van der Waals surface area contributed by atoms with Crippen LogP contribution >= 0.6 is 11.6 Å². The van der Waals surface area contributed by atoms with Gasteiger partial charge in [-0.1, -0.05) is 36.6 Å². The first kappa shape index (κ1) is 28.1. The predicted octanol–water partition coefficient (Wildman–Crippen LogP) is 5.12. The van der Waals surface area contributed by atoms with Gasteiger partial charge < -0.3 is 5.32 Å². The standard InChI is InChI=1S/C27H30ClN3O5S2/c1-37(33,34)31(20-21-6-10-23(28)11-7-21)25-14-8-22(9-15-25)27(32)29-24-12-16-26(17-13-24)38(35,36)30-18-4-2-3-5-19-30/h6-17H,2-5,18-20H2,1H3,(H,29,32). The molecule has 1 aliphatic rings. The van der Waals surface area contributed by atoms with Crippen molar-refractivity contribution in [2.75, 3.05) is 29.0 Å². The maximum absolute atomic E-state index is 13.0. The maximum Gasteiger partial charge on any atom is 0.255 e. The quantitative estimate of drug-likeness (QED) is 0.401. The molecule has 0 aromatic heterocycles. The normalized spacial score (nSPS) is 15.0. The second kappa shape index (κ2) is 11.9. The first-order chi connectivity index (χ1) is 18.0. The van der Waals surface area contributed by atoms with Gasteiger partial charge in [0.05, 0.1) is 23.4 Å². The van der Waals surface area contributed by atoms with Crippen molar-refractivity contribution < 1.29 is 21.6 Å². The number of hydrogen-bond donors (Lipinski definition) is 1. The molecule has 3 aromatic carbocycles. The third kappa shape index (κ3) is 6.93. The van der Waals surface area contributed by atoms with Crippen LogP contribution < -0.4 is 9.62 Å². The van der Waals surface area contributed by atoms with Crippen LogP contribution in [0.3, 0.4) is 0 Å². The molecule has 4 rings (SSSR count). The topological polar surface area (TPSA) is 104 Å². The zero-order valence-electron chi connectivity index (χ0n) is 21.0. The summed E-state index contributed by atoms with van der Waals surface area (Å²) in [6, 6.07) is 19.3. The number of halogens is 1. The zero-order valence-corrected chi connectivity index (χ0v) is 23.4. The van der Waals surface area contributed by atoms with Crippen molar-refractivity contribution in [2.24, 2.45) is 0 Å². The molecule has 0 saturated carbocycles. The molecule has 202 valence electrons. The molecule has 0 radical (unpaired) electrons. The molecule has 38 heavy (non-hydrogen) atoms. The van der Waals surface area contributed by atoms with E-state index in [1.165, 1.54) is 20.7 Å². The number of carbonyl (C=O) groups is 1. The van der Waals surface area contributed by atoms with Crippen molar-refractivity contribution in [3.05, 3.63) is 88.9 Å². The van der Waals surface area contributed by atoms with Gasteiger partial charge in [0.25, 0.3) is 5.91 Å². The smallest absolute Gasteiger partial charge is 0.255 e. The van der Waals surface area contributed by atoms with E-state index in [2.05, 4.69) is 5.32 Å². The average molecular weight is 576 g/mol. The Kier molecular flexibility index (Phi) is 8.77. The maximum atomic E-state index is 13.0. The summed E-state index contributed by atoms with van der Waals surface area (Å²) in [7, 11) is -7.16. The number of anilines is 2. The summed E-state index contributed by atoms with van der Waals surface area (Å²) < 4.78 is 53.6. The molecule has 1 amide bonds. The van der Waals surface area contributed by atoms with Crippen LogP contribution in [0.2, 0.25) is 5.02 Å². The Morgan fingerprint density at radius 3 is 1.97 bits per heavy atom. The largest absolute Gasteiger partial charge is 0.322 e. The van der Waals surface area contributed by atoms with Crippen LogP contribution in [0.4, 0.5) is 11.4 Å². The summed E-state index contributed by atoms with van der Waals surface area (Å²) in [6.07, 6.45) is 4.91. The van der Waals surface area contributed by atoms with Crippen LogP contribution in [-0.2, 0) is 26.6 Å². The lowest BCUT2D eigenvalue weighted by Crippen LogP contribution is -2.31. The predicted molar refractivity (Wildman–Crippen MR) is 151 cm³/mol. The van der Waals surface area contributed by atoms with Crippen LogP contribution in [0.15, 0.2) is 77.7 Å². The third-order valence-electron chi connectivity index (χ3n) is 6.37. The fraction of sp³-hybridized carbons (Fsp3) is 0.296. The Balaban J connectivity index is 1.44. The number of hydrogen-bond acceptors (Lipinski definition) is 5. The molecule has 1 N–H and O–H groups in total. The lowest BCUT2D eigenvalue weighted by molar-refractivity contribution is 0.102. The minimum Gasteiger partial charge on any atom is -0.322 e. The van der Waals surface area contributed by atoms with Gasteiger partial charge in [0.15, 0.2) is 0 Å². The van der Waals surface area contributed by atoms with Crippen LogP contribution in [0, 0.1) is 0 Å². The van der Waals surface area contributed by atoms with Crippen molar-refractivity contribution in [3.63, 3.8) is 0 Å². The van der Waals surface area contributed by atoms with Crippen LogP contribution in [0.1, 0.15) is 41.6 Å². The molecule has 1 saturated heterocycles. The van der Waals surface area contributed by atoms with Crippen molar-refractivity contribution >= 4 is 48.9 Å². The summed E-state index contributed by atoms with van der Waals surface area (Å²) in [5.74, 6) is -0.400. The molecule has 11 heteroatoms. The summed E-state index contributed by atoms with van der Waals surface area (Å²) >= 11 is 5.93. The van der Waals surface area contributed by atoms with Crippen LogP contribution in [0.25, 0.3) is 0 Å². The summed E-state index contributed by atoms with van der Waals surface area (Å²) in [4.78, 5) is 13.0. The monoisotopic (exact) mass is 575 g/mol. The SMILES string of the molecule is CS(=O)(=O)N(Cc1ccc(Cl)cc1)c1ccc(C(=O)Nc2ccc(S(=O)(=O)N3CCCCCC3)cc2)cc1. The molecule has 8 nitrogen and oxygen atoms in total. The number of amides is 1. The second-order valence-corrected chi connectivity index (χ2v) is 13.5. The Bertz CT molecular complexity index is 1470. The van der Waals surface area contributed by atoms with Crippen LogP contribution in [-0.4, -0.2) is 46.4 Å². The highest BCUT2D eigenvalue weighted by Gasteiger charge is 2.25. The van der Waals surface area contributed by atoms with E-state index >= 15 is 0 Å². The van der Waals surface area contributed by atoms with E-state index < -0.39 is 26.0 Å². The molecule has 0 unspecified atom stereocenters. The Labute approximate surface area is 229 Å². The number of rotatable bonds is 8. The Hall–Kier alpha value is -2.92. The van der Waals surface area contributed by atoms with E-state index in [4.69, 9.17) is 11.6 Å². The lowest BCUT2D eigenvalue weighted by atomic mass is 10.1. The highest BCUT2D eigenvalue weighted by Crippen LogP contribution is 2.24. The highest BCUT2D eigenvalue weighted by molar-refractivity contribution is 7.92. The van der Waals surface area contributed by atoms with Gasteiger partial charge in [-0.15, -0.1) is 0 Å². The molecule has 0 spiro atoms. The summed E-state index contributed by atoms with van der Waals surface area (Å²) in [6.45, 7) is 1.16. The minimum absolute atomic E-state index is 0.119. The molecular weight excluding hydrogens is 546 g/mol. The number of sulfonamides is 2. The molecule has 3 aromatic rings. The fourth-order valence-electron chi connectivity index (χ4n) is 4.28. The van der Waals surface area contributed by atoms with Crippen LogP contribution in [0.5, 0.6) is 0 Å². The Morgan fingerprint density at radius 2 is 1.42 bits per heavy atom. The van der Waals surface area contributed by atoms with E-state index in [0.29, 0.717) is 35.1 Å². The van der Waals surface area contributed by atoms with E-state index in [1.54, 1.807) is 60.7 Å². The minimum atomic E-state index is -3.59. The molecule has 1 aliphatic heterocycles. The van der Waals surface area contributed by atoms with E-state index in [0.717, 1.165) is 37.5 Å². The third-order valence-corrected chi connectivity index (χ3v) is 9.68. The van der Waals surface area contributed by atoms with E-state index in [9.17, 15) is 21.6 Å². The van der Waals surface area contributed by atoms with Gasteiger partial charge in [0.1, 0.15) is 0 Å². The molecule has 0 atom stereocenters. The van der Waals surface area contributed by atoms with Gasteiger partial charge in [-0.2, -0.15) is 4.31 Å². The van der Waals surface area contributed by atoms with Gasteiger partial charge in [0.2, 0.25) is 20.0 Å². The summed E-state index contributed by atoms with van der Waals surface area (Å²) in [5, 5.41) is 3.32. The van der Waals surface area contributed by atoms with Gasteiger partial charge in [-0.05, 0) is 79.1 Å². The first-order valence-corrected chi connectivity index (χ1v) is 15.9. The average Bonchev–Trinajstić information content (AvgIpc) is 3.19. The summed E-state index contributed by atoms with van der Waals surface area (Å²) in [5.41, 5.74) is 1.97. The van der Waals surface area contributed by atoms with E-state index in [-0.39, 0.29) is 11.4 Å². The second-order valence-electron chi connectivity index (χ2n) is 9.24. The first-order valence-electron chi connectivity index (χ1n) is 12.3.